The van der Waals surface area contributed by atoms with Crippen LogP contribution in [0, 0.1) is 11.6 Å². The maximum absolute atomic E-state index is 13.5. The van der Waals surface area contributed by atoms with Crippen LogP contribution in [0.5, 0.6) is 0 Å². The SMILES string of the molecule is O=C(O)CC1CCC(=O)N1Cc1c(F)cccc1F. The molecule has 102 valence electrons. The lowest BCUT2D eigenvalue weighted by molar-refractivity contribution is -0.139. The molecule has 1 fully saturated rings. The number of carbonyl (C=O) groups excluding carboxylic acids is 1. The lowest BCUT2D eigenvalue weighted by Crippen LogP contribution is -2.34. The molecule has 1 unspecified atom stereocenters. The van der Waals surface area contributed by atoms with Crippen molar-refractivity contribution in [2.24, 2.45) is 0 Å². The van der Waals surface area contributed by atoms with E-state index in [0.29, 0.717) is 6.42 Å². The Kier molecular flexibility index (Phi) is 3.78. The van der Waals surface area contributed by atoms with E-state index < -0.39 is 23.6 Å². The molecular formula is C13H13F2NO3. The van der Waals surface area contributed by atoms with Gasteiger partial charge < -0.3 is 10.0 Å². The van der Waals surface area contributed by atoms with Crippen LogP contribution >= 0.6 is 0 Å². The van der Waals surface area contributed by atoms with Crippen molar-refractivity contribution < 1.29 is 23.5 Å². The first-order valence-corrected chi connectivity index (χ1v) is 5.93. The predicted octanol–water partition coefficient (Wildman–Crippen LogP) is 1.93. The van der Waals surface area contributed by atoms with Gasteiger partial charge in [0.2, 0.25) is 5.91 Å². The molecule has 1 saturated heterocycles. The third-order valence-electron chi connectivity index (χ3n) is 3.25. The smallest absolute Gasteiger partial charge is 0.305 e. The van der Waals surface area contributed by atoms with Gasteiger partial charge in [0.25, 0.3) is 0 Å². The van der Waals surface area contributed by atoms with Crippen LogP contribution in [0.3, 0.4) is 0 Å². The fourth-order valence-corrected chi connectivity index (χ4v) is 2.28. The number of benzene rings is 1. The van der Waals surface area contributed by atoms with E-state index in [2.05, 4.69) is 0 Å². The Balaban J connectivity index is 2.20. The van der Waals surface area contributed by atoms with Crippen LogP contribution in [0.25, 0.3) is 0 Å². The molecule has 1 aliphatic heterocycles. The highest BCUT2D eigenvalue weighted by atomic mass is 19.1. The zero-order chi connectivity index (χ0) is 14.0. The van der Waals surface area contributed by atoms with Gasteiger partial charge in [-0.1, -0.05) is 6.07 Å². The number of halogens is 2. The number of hydrogen-bond donors (Lipinski definition) is 1. The minimum atomic E-state index is -1.03. The molecule has 1 N–H and O–H groups in total. The first-order valence-electron chi connectivity index (χ1n) is 5.93. The largest absolute Gasteiger partial charge is 0.481 e. The molecule has 0 spiro atoms. The second kappa shape index (κ2) is 5.34. The Hall–Kier alpha value is -1.98. The summed E-state index contributed by atoms with van der Waals surface area (Å²) in [6.07, 6.45) is 0.414. The molecule has 1 aromatic rings. The number of hydrogen-bond acceptors (Lipinski definition) is 2. The first kappa shape index (κ1) is 13.5. The predicted molar refractivity (Wildman–Crippen MR) is 62.2 cm³/mol. The lowest BCUT2D eigenvalue weighted by Gasteiger charge is -2.24. The summed E-state index contributed by atoms with van der Waals surface area (Å²) in [5.74, 6) is -2.75. The molecule has 19 heavy (non-hydrogen) atoms. The first-order chi connectivity index (χ1) is 8.99. The van der Waals surface area contributed by atoms with E-state index in [9.17, 15) is 18.4 Å². The summed E-state index contributed by atoms with van der Waals surface area (Å²) in [5, 5.41) is 8.77. The highest BCUT2D eigenvalue weighted by molar-refractivity contribution is 5.80. The second-order valence-electron chi connectivity index (χ2n) is 4.51. The Morgan fingerprint density at radius 1 is 1.37 bits per heavy atom. The van der Waals surface area contributed by atoms with Crippen molar-refractivity contribution >= 4 is 11.9 Å². The third kappa shape index (κ3) is 2.89. The number of aliphatic carboxylic acids is 1. The van der Waals surface area contributed by atoms with Crippen LogP contribution in [-0.4, -0.2) is 27.9 Å². The van der Waals surface area contributed by atoms with E-state index in [1.807, 2.05) is 0 Å². The molecule has 0 aliphatic carbocycles. The average molecular weight is 269 g/mol. The Labute approximate surface area is 108 Å². The Bertz CT molecular complexity index is 498. The van der Waals surface area contributed by atoms with Crippen LogP contribution in [-0.2, 0) is 16.1 Å². The van der Waals surface area contributed by atoms with E-state index in [1.54, 1.807) is 0 Å². The van der Waals surface area contributed by atoms with Gasteiger partial charge in [-0.2, -0.15) is 0 Å². The minimum absolute atomic E-state index is 0.201. The molecule has 2 rings (SSSR count). The fourth-order valence-electron chi connectivity index (χ4n) is 2.28. The number of carboxylic acid groups (broad SMARTS) is 1. The van der Waals surface area contributed by atoms with Gasteiger partial charge in [-0.15, -0.1) is 0 Å². The number of carbonyl (C=O) groups is 2. The van der Waals surface area contributed by atoms with Crippen molar-refractivity contribution in [1.82, 2.24) is 4.90 Å². The van der Waals surface area contributed by atoms with Crippen LogP contribution in [0.2, 0.25) is 0 Å². The van der Waals surface area contributed by atoms with Crippen LogP contribution in [0.15, 0.2) is 18.2 Å². The number of nitrogens with zero attached hydrogens (tertiary/aromatic N) is 1. The van der Waals surface area contributed by atoms with E-state index >= 15 is 0 Å². The van der Waals surface area contributed by atoms with Gasteiger partial charge in [-0.05, 0) is 18.6 Å². The summed E-state index contributed by atoms with van der Waals surface area (Å²) < 4.78 is 27.1. The van der Waals surface area contributed by atoms with Gasteiger partial charge >= 0.3 is 5.97 Å². The van der Waals surface area contributed by atoms with Gasteiger partial charge in [-0.25, -0.2) is 8.78 Å². The summed E-state index contributed by atoms with van der Waals surface area (Å²) in [6, 6.07) is 2.98. The second-order valence-corrected chi connectivity index (χ2v) is 4.51. The van der Waals surface area contributed by atoms with Crippen LogP contribution < -0.4 is 0 Å². The summed E-state index contributed by atoms with van der Waals surface area (Å²) in [6.45, 7) is -0.227. The van der Waals surface area contributed by atoms with Crippen molar-refractivity contribution in [1.29, 1.82) is 0 Å². The van der Waals surface area contributed by atoms with Crippen molar-refractivity contribution in [3.8, 4) is 0 Å². The monoisotopic (exact) mass is 269 g/mol. The van der Waals surface area contributed by atoms with Gasteiger partial charge in [0, 0.05) is 18.0 Å². The fraction of sp³-hybridized carbons (Fsp3) is 0.385. The van der Waals surface area contributed by atoms with E-state index in [0.717, 1.165) is 12.1 Å². The molecule has 1 heterocycles. The van der Waals surface area contributed by atoms with E-state index in [-0.39, 0.29) is 30.9 Å². The number of carboxylic acids is 1. The topological polar surface area (TPSA) is 57.6 Å². The quantitative estimate of drug-likeness (QED) is 0.908. The highest BCUT2D eigenvalue weighted by Gasteiger charge is 2.33. The lowest BCUT2D eigenvalue weighted by atomic mass is 10.1. The molecule has 1 amide bonds. The normalized spacial score (nSPS) is 18.9. The Morgan fingerprint density at radius 2 is 2.00 bits per heavy atom. The van der Waals surface area contributed by atoms with Gasteiger partial charge in [0.05, 0.1) is 13.0 Å². The summed E-state index contributed by atoms with van der Waals surface area (Å²) in [7, 11) is 0. The molecule has 4 nitrogen and oxygen atoms in total. The summed E-state index contributed by atoms with van der Waals surface area (Å²) in [4.78, 5) is 23.6. The number of likely N-dealkylation sites (tertiary alicyclic amines) is 1. The van der Waals surface area contributed by atoms with Crippen LogP contribution in [0.4, 0.5) is 8.78 Å². The highest BCUT2D eigenvalue weighted by Crippen LogP contribution is 2.25. The maximum Gasteiger partial charge on any atom is 0.305 e. The summed E-state index contributed by atoms with van der Waals surface area (Å²) in [5.41, 5.74) is -0.201. The number of rotatable bonds is 4. The van der Waals surface area contributed by atoms with E-state index in [1.165, 1.54) is 11.0 Å². The molecule has 0 bridgehead atoms. The van der Waals surface area contributed by atoms with Gasteiger partial charge in [0.1, 0.15) is 11.6 Å². The molecule has 0 saturated carbocycles. The molecule has 6 heteroatoms. The summed E-state index contributed by atoms with van der Waals surface area (Å²) >= 11 is 0. The average Bonchev–Trinajstić information content (AvgIpc) is 2.65. The zero-order valence-corrected chi connectivity index (χ0v) is 10.1. The van der Waals surface area contributed by atoms with E-state index in [4.69, 9.17) is 5.11 Å². The van der Waals surface area contributed by atoms with Crippen molar-refractivity contribution in [2.75, 3.05) is 0 Å². The number of amides is 1. The van der Waals surface area contributed by atoms with Crippen molar-refractivity contribution in [2.45, 2.75) is 31.8 Å². The molecule has 1 aromatic carbocycles. The molecule has 0 aromatic heterocycles. The van der Waals surface area contributed by atoms with Gasteiger partial charge in [0.15, 0.2) is 0 Å². The van der Waals surface area contributed by atoms with Gasteiger partial charge in [-0.3, -0.25) is 9.59 Å². The molecular weight excluding hydrogens is 256 g/mol. The maximum atomic E-state index is 13.5. The van der Waals surface area contributed by atoms with Crippen molar-refractivity contribution in [3.05, 3.63) is 35.4 Å². The van der Waals surface area contributed by atoms with Crippen molar-refractivity contribution in [3.63, 3.8) is 0 Å². The molecule has 1 atom stereocenters. The van der Waals surface area contributed by atoms with Crippen LogP contribution in [0.1, 0.15) is 24.8 Å². The third-order valence-corrected chi connectivity index (χ3v) is 3.25. The zero-order valence-electron chi connectivity index (χ0n) is 10.1. The standard InChI is InChI=1S/C13H13F2NO3/c14-10-2-1-3-11(15)9(10)7-16-8(6-13(18)19)4-5-12(16)17/h1-3,8H,4-7H2,(H,18,19). The Morgan fingerprint density at radius 3 is 2.58 bits per heavy atom. The minimum Gasteiger partial charge on any atom is -0.481 e. The molecule has 1 aliphatic rings. The molecule has 0 radical (unpaired) electrons.